The second-order valence-corrected chi connectivity index (χ2v) is 8.48. The standard InChI is InChI=1S/C19H21ClF3NO8/c1-18(2,3)12-8-14-10(7-13(12)20)6-11(16(32-14)19(21,22)23)17(26)30-9-29-15(25)4-5-31-24(27)28/h6-7,12,16H,4-5,8-9H2,1-3H3/t12?,16-/m0/s1. The zero-order valence-corrected chi connectivity index (χ0v) is 18.1. The first-order valence-corrected chi connectivity index (χ1v) is 9.73. The van der Waals surface area contributed by atoms with E-state index in [2.05, 4.69) is 14.3 Å². The van der Waals surface area contributed by atoms with Gasteiger partial charge in [-0.05, 0) is 17.6 Å². The Balaban J connectivity index is 2.11. The smallest absolute Gasteiger partial charge is 0.429 e. The number of hydrogen-bond donors (Lipinski definition) is 0. The van der Waals surface area contributed by atoms with Crippen molar-refractivity contribution >= 4 is 23.5 Å². The molecule has 1 heterocycles. The number of carbonyl (C=O) groups is 2. The summed E-state index contributed by atoms with van der Waals surface area (Å²) < 4.78 is 55.0. The van der Waals surface area contributed by atoms with Crippen LogP contribution < -0.4 is 0 Å². The Morgan fingerprint density at radius 2 is 1.91 bits per heavy atom. The molecule has 0 N–H and O–H groups in total. The van der Waals surface area contributed by atoms with Crippen LogP contribution in [0.3, 0.4) is 0 Å². The van der Waals surface area contributed by atoms with Crippen LogP contribution in [0, 0.1) is 21.4 Å². The summed E-state index contributed by atoms with van der Waals surface area (Å²) in [5.74, 6) is -2.63. The fourth-order valence-electron chi connectivity index (χ4n) is 3.05. The first-order valence-electron chi connectivity index (χ1n) is 9.35. The van der Waals surface area contributed by atoms with Gasteiger partial charge < -0.3 is 19.0 Å². The van der Waals surface area contributed by atoms with E-state index in [0.29, 0.717) is 5.03 Å². The zero-order chi connectivity index (χ0) is 24.3. The lowest BCUT2D eigenvalue weighted by molar-refractivity contribution is -0.757. The molecule has 1 aliphatic heterocycles. The maximum absolute atomic E-state index is 13.6. The van der Waals surface area contributed by atoms with E-state index in [1.165, 1.54) is 6.08 Å². The van der Waals surface area contributed by atoms with Gasteiger partial charge in [0.15, 0.2) is 0 Å². The first kappa shape index (κ1) is 25.5. The van der Waals surface area contributed by atoms with Gasteiger partial charge in [-0.15, -0.1) is 10.1 Å². The number of alkyl halides is 3. The van der Waals surface area contributed by atoms with Crippen molar-refractivity contribution in [2.45, 2.75) is 45.9 Å². The number of nitrogens with zero attached hydrogens (tertiary/aromatic N) is 1. The minimum absolute atomic E-state index is 0.0606. The SMILES string of the molecule is CC(C)(C)C1CC2=C(C=C1Cl)C=C(C(=O)OCOC(=O)CCO[N+](=O)[O-])[C@@H](C(F)(F)F)O2. The number of halogens is 4. The normalized spacial score (nSPS) is 21.0. The number of hydrogen-bond acceptors (Lipinski definition) is 8. The van der Waals surface area contributed by atoms with Crippen LogP contribution in [0.4, 0.5) is 13.2 Å². The fourth-order valence-corrected chi connectivity index (χ4v) is 3.58. The number of rotatable bonds is 7. The van der Waals surface area contributed by atoms with Gasteiger partial charge in [0.05, 0.1) is 12.0 Å². The molecule has 1 unspecified atom stereocenters. The molecule has 178 valence electrons. The summed E-state index contributed by atoms with van der Waals surface area (Å²) >= 11 is 6.31. The molecule has 9 nitrogen and oxygen atoms in total. The topological polar surface area (TPSA) is 114 Å². The summed E-state index contributed by atoms with van der Waals surface area (Å²) in [6.45, 7) is 4.11. The molecule has 0 fully saturated rings. The highest BCUT2D eigenvalue weighted by atomic mass is 35.5. The lowest BCUT2D eigenvalue weighted by atomic mass is 9.75. The molecule has 0 bridgehead atoms. The minimum atomic E-state index is -4.91. The third kappa shape index (κ3) is 6.62. The molecule has 0 saturated heterocycles. The number of ether oxygens (including phenoxy) is 3. The molecule has 2 aliphatic rings. The summed E-state index contributed by atoms with van der Waals surface area (Å²) in [6, 6.07) is 0. The van der Waals surface area contributed by atoms with E-state index >= 15 is 0 Å². The molecule has 0 amide bonds. The Hall–Kier alpha value is -2.76. The van der Waals surface area contributed by atoms with Gasteiger partial charge in [0.1, 0.15) is 12.4 Å². The van der Waals surface area contributed by atoms with E-state index in [4.69, 9.17) is 16.3 Å². The highest BCUT2D eigenvalue weighted by Crippen LogP contribution is 2.46. The summed E-state index contributed by atoms with van der Waals surface area (Å²) in [4.78, 5) is 37.6. The van der Waals surface area contributed by atoms with Crippen molar-refractivity contribution < 1.29 is 46.9 Å². The summed E-state index contributed by atoms with van der Waals surface area (Å²) in [5, 5.41) is 9.30. The molecule has 2 atom stereocenters. The molecular weight excluding hydrogens is 463 g/mol. The summed E-state index contributed by atoms with van der Waals surface area (Å²) in [6.07, 6.45) is -5.43. The van der Waals surface area contributed by atoms with E-state index in [1.807, 2.05) is 20.8 Å². The summed E-state index contributed by atoms with van der Waals surface area (Å²) in [7, 11) is 0. The third-order valence-electron chi connectivity index (χ3n) is 4.68. The Morgan fingerprint density at radius 1 is 1.25 bits per heavy atom. The largest absolute Gasteiger partial charge is 0.480 e. The van der Waals surface area contributed by atoms with Crippen molar-refractivity contribution in [2.24, 2.45) is 11.3 Å². The Bertz CT molecular complexity index is 873. The van der Waals surface area contributed by atoms with Crippen LogP contribution in [0.15, 0.2) is 34.1 Å². The van der Waals surface area contributed by atoms with Gasteiger partial charge in [-0.2, -0.15) is 13.2 Å². The average Bonchev–Trinajstić information content (AvgIpc) is 2.64. The minimum Gasteiger partial charge on any atom is -0.480 e. The number of allylic oxidation sites excluding steroid dienone is 5. The van der Waals surface area contributed by atoms with Crippen molar-refractivity contribution in [1.82, 2.24) is 0 Å². The van der Waals surface area contributed by atoms with Gasteiger partial charge in [-0.3, -0.25) is 4.79 Å². The fraction of sp³-hybridized carbons (Fsp3) is 0.579. The van der Waals surface area contributed by atoms with Crippen LogP contribution in [0.5, 0.6) is 0 Å². The average molecular weight is 484 g/mol. The molecule has 13 heteroatoms. The molecule has 1 aliphatic carbocycles. The van der Waals surface area contributed by atoms with Crippen LogP contribution in [0.25, 0.3) is 0 Å². The van der Waals surface area contributed by atoms with Gasteiger partial charge in [0.2, 0.25) is 12.9 Å². The second kappa shape index (κ2) is 9.80. The first-order chi connectivity index (χ1) is 14.7. The van der Waals surface area contributed by atoms with Crippen molar-refractivity contribution in [2.75, 3.05) is 13.4 Å². The van der Waals surface area contributed by atoms with Crippen LogP contribution in [0.2, 0.25) is 0 Å². The Kier molecular flexibility index (Phi) is 7.81. The van der Waals surface area contributed by atoms with Crippen LogP contribution in [-0.2, 0) is 28.6 Å². The van der Waals surface area contributed by atoms with Crippen LogP contribution in [-0.4, -0.2) is 42.7 Å². The Morgan fingerprint density at radius 3 is 2.47 bits per heavy atom. The van der Waals surface area contributed by atoms with Crippen molar-refractivity contribution in [3.8, 4) is 0 Å². The van der Waals surface area contributed by atoms with E-state index in [1.54, 1.807) is 0 Å². The second-order valence-electron chi connectivity index (χ2n) is 8.04. The molecule has 0 aromatic rings. The molecule has 0 aromatic heterocycles. The molecule has 0 saturated carbocycles. The van der Waals surface area contributed by atoms with E-state index in [-0.39, 0.29) is 29.1 Å². The van der Waals surface area contributed by atoms with Crippen molar-refractivity contribution in [3.63, 3.8) is 0 Å². The van der Waals surface area contributed by atoms with E-state index in [9.17, 15) is 32.9 Å². The molecule has 2 rings (SSSR count). The predicted octanol–water partition coefficient (Wildman–Crippen LogP) is 3.96. The highest BCUT2D eigenvalue weighted by Gasteiger charge is 2.50. The van der Waals surface area contributed by atoms with E-state index < -0.39 is 54.7 Å². The van der Waals surface area contributed by atoms with Crippen molar-refractivity contribution in [1.29, 1.82) is 0 Å². The molecule has 0 spiro atoms. The van der Waals surface area contributed by atoms with Gasteiger partial charge in [0.25, 0.3) is 5.09 Å². The van der Waals surface area contributed by atoms with Gasteiger partial charge in [-0.1, -0.05) is 32.4 Å². The monoisotopic (exact) mass is 483 g/mol. The third-order valence-corrected chi connectivity index (χ3v) is 5.06. The number of carbonyl (C=O) groups excluding carboxylic acids is 2. The lowest BCUT2D eigenvalue weighted by Crippen LogP contribution is -2.40. The molecule has 0 radical (unpaired) electrons. The predicted molar refractivity (Wildman–Crippen MR) is 102 cm³/mol. The maximum Gasteiger partial charge on any atom is 0.429 e. The maximum atomic E-state index is 13.6. The van der Waals surface area contributed by atoms with Gasteiger partial charge in [0, 0.05) is 22.9 Å². The Labute approximate surface area is 185 Å². The summed E-state index contributed by atoms with van der Waals surface area (Å²) in [5.41, 5.74) is -0.948. The number of esters is 2. The molecule has 0 aromatic carbocycles. The molecular formula is C19H21ClF3NO8. The van der Waals surface area contributed by atoms with Crippen LogP contribution >= 0.6 is 11.6 Å². The van der Waals surface area contributed by atoms with E-state index in [0.717, 1.165) is 6.08 Å². The van der Waals surface area contributed by atoms with Crippen LogP contribution in [0.1, 0.15) is 33.6 Å². The quantitative estimate of drug-likeness (QED) is 0.231. The van der Waals surface area contributed by atoms with Gasteiger partial charge >= 0.3 is 18.1 Å². The molecule has 32 heavy (non-hydrogen) atoms. The van der Waals surface area contributed by atoms with Crippen molar-refractivity contribution in [3.05, 3.63) is 44.2 Å². The lowest BCUT2D eigenvalue weighted by Gasteiger charge is -2.37. The zero-order valence-electron chi connectivity index (χ0n) is 17.4. The van der Waals surface area contributed by atoms with Gasteiger partial charge in [-0.25, -0.2) is 4.79 Å². The highest BCUT2D eigenvalue weighted by molar-refractivity contribution is 6.30.